The van der Waals surface area contributed by atoms with Crippen LogP contribution in [0, 0.1) is 6.42 Å². The second kappa shape index (κ2) is 5.36. The van der Waals surface area contributed by atoms with Gasteiger partial charge >= 0.3 is 0 Å². The molecule has 2 aromatic carbocycles. The van der Waals surface area contributed by atoms with E-state index in [0.29, 0.717) is 6.61 Å². The van der Waals surface area contributed by atoms with E-state index >= 15 is 0 Å². The lowest BCUT2D eigenvalue weighted by Gasteiger charge is -2.10. The third-order valence-corrected chi connectivity index (χ3v) is 2.38. The van der Waals surface area contributed by atoms with Gasteiger partial charge in [-0.05, 0) is 18.1 Å². The van der Waals surface area contributed by atoms with Crippen molar-refractivity contribution in [3.63, 3.8) is 0 Å². The van der Waals surface area contributed by atoms with Crippen molar-refractivity contribution >= 4 is 0 Å². The molecule has 2 rings (SSSR count). The van der Waals surface area contributed by atoms with Crippen molar-refractivity contribution in [2.75, 3.05) is 6.61 Å². The molecule has 0 saturated carbocycles. The topological polar surface area (TPSA) is 9.23 Å². The Kier molecular flexibility index (Phi) is 3.60. The Morgan fingerprint density at radius 2 is 1.62 bits per heavy atom. The van der Waals surface area contributed by atoms with Gasteiger partial charge < -0.3 is 4.74 Å². The number of benzene rings is 2. The summed E-state index contributed by atoms with van der Waals surface area (Å²) in [5.74, 6) is 0.937. The normalized spacial score (nSPS) is 10.1. The van der Waals surface area contributed by atoms with E-state index in [-0.39, 0.29) is 0 Å². The Balaban J connectivity index is 2.33. The lowest BCUT2D eigenvalue weighted by molar-refractivity contribution is 0.351. The van der Waals surface area contributed by atoms with Crippen LogP contribution in [0.4, 0.5) is 0 Å². The minimum Gasteiger partial charge on any atom is -0.493 e. The second-order valence-corrected chi connectivity index (χ2v) is 3.58. The first-order chi connectivity index (χ1) is 7.92. The zero-order chi connectivity index (χ0) is 11.2. The average molecular weight is 211 g/mol. The fourth-order valence-corrected chi connectivity index (χ4v) is 1.62. The summed E-state index contributed by atoms with van der Waals surface area (Å²) in [7, 11) is 0. The van der Waals surface area contributed by atoms with Gasteiger partial charge in [-0.2, -0.15) is 0 Å². The predicted molar refractivity (Wildman–Crippen MR) is 67.3 cm³/mol. The summed E-state index contributed by atoms with van der Waals surface area (Å²) < 4.78 is 5.69. The monoisotopic (exact) mass is 211 g/mol. The summed E-state index contributed by atoms with van der Waals surface area (Å²) >= 11 is 0. The van der Waals surface area contributed by atoms with Crippen LogP contribution in [0.5, 0.6) is 5.75 Å². The maximum Gasteiger partial charge on any atom is 0.127 e. The maximum absolute atomic E-state index is 5.69. The summed E-state index contributed by atoms with van der Waals surface area (Å²) in [6, 6.07) is 18.4. The molecule has 0 fully saturated rings. The molecule has 1 nitrogen and oxygen atoms in total. The van der Waals surface area contributed by atoms with Crippen LogP contribution in [-0.2, 0) is 0 Å². The first kappa shape index (κ1) is 10.7. The Morgan fingerprint density at radius 1 is 0.938 bits per heavy atom. The molecule has 0 aromatic heterocycles. The SMILES string of the molecule is C[CH]COc1ccccc1-c1ccccc1. The van der Waals surface area contributed by atoms with Crippen LogP contribution in [0.25, 0.3) is 11.1 Å². The van der Waals surface area contributed by atoms with Gasteiger partial charge in [-0.3, -0.25) is 0 Å². The van der Waals surface area contributed by atoms with E-state index in [9.17, 15) is 0 Å². The minimum absolute atomic E-state index is 0.643. The molecular weight excluding hydrogens is 196 g/mol. The van der Waals surface area contributed by atoms with Crippen molar-refractivity contribution in [1.29, 1.82) is 0 Å². The number of ether oxygens (including phenoxy) is 1. The van der Waals surface area contributed by atoms with Crippen LogP contribution in [-0.4, -0.2) is 6.61 Å². The number of hydrogen-bond acceptors (Lipinski definition) is 1. The van der Waals surface area contributed by atoms with Crippen molar-refractivity contribution in [1.82, 2.24) is 0 Å². The molecule has 0 atom stereocenters. The van der Waals surface area contributed by atoms with Gasteiger partial charge in [0, 0.05) is 5.56 Å². The van der Waals surface area contributed by atoms with Gasteiger partial charge in [0.15, 0.2) is 0 Å². The van der Waals surface area contributed by atoms with Crippen LogP contribution in [0.15, 0.2) is 54.6 Å². The highest BCUT2D eigenvalue weighted by molar-refractivity contribution is 5.70. The smallest absolute Gasteiger partial charge is 0.127 e. The average Bonchev–Trinajstić information content (AvgIpc) is 2.38. The van der Waals surface area contributed by atoms with Crippen LogP contribution in [0.1, 0.15) is 6.92 Å². The predicted octanol–water partition coefficient (Wildman–Crippen LogP) is 3.96. The third-order valence-electron chi connectivity index (χ3n) is 2.38. The van der Waals surface area contributed by atoms with Crippen LogP contribution in [0.3, 0.4) is 0 Å². The van der Waals surface area contributed by atoms with E-state index in [1.165, 1.54) is 5.56 Å². The Bertz CT molecular complexity index is 434. The summed E-state index contributed by atoms with van der Waals surface area (Å²) in [6.45, 7) is 2.63. The molecule has 0 saturated heterocycles. The van der Waals surface area contributed by atoms with Gasteiger partial charge in [0.05, 0.1) is 6.61 Å². The van der Waals surface area contributed by atoms with Crippen LogP contribution >= 0.6 is 0 Å². The Morgan fingerprint density at radius 3 is 2.38 bits per heavy atom. The summed E-state index contributed by atoms with van der Waals surface area (Å²) in [5, 5.41) is 0. The van der Waals surface area contributed by atoms with E-state index in [2.05, 4.69) is 18.2 Å². The van der Waals surface area contributed by atoms with Gasteiger partial charge in [0.2, 0.25) is 0 Å². The largest absolute Gasteiger partial charge is 0.493 e. The molecule has 1 heteroatoms. The number of hydrogen-bond donors (Lipinski definition) is 0. The van der Waals surface area contributed by atoms with Crippen LogP contribution in [0.2, 0.25) is 0 Å². The molecule has 0 N–H and O–H groups in total. The summed E-state index contributed by atoms with van der Waals surface area (Å²) in [6.07, 6.45) is 2.00. The van der Waals surface area contributed by atoms with E-state index in [1.54, 1.807) is 0 Å². The minimum atomic E-state index is 0.643. The highest BCUT2D eigenvalue weighted by Gasteiger charge is 2.03. The first-order valence-corrected chi connectivity index (χ1v) is 5.47. The first-order valence-electron chi connectivity index (χ1n) is 5.47. The van der Waals surface area contributed by atoms with Crippen molar-refractivity contribution in [2.24, 2.45) is 0 Å². The molecule has 0 aliphatic carbocycles. The Hall–Kier alpha value is -1.76. The molecule has 0 heterocycles. The third kappa shape index (κ3) is 2.43. The summed E-state index contributed by atoms with van der Waals surface area (Å²) in [4.78, 5) is 0. The van der Waals surface area contributed by atoms with Crippen molar-refractivity contribution in [2.45, 2.75) is 6.92 Å². The van der Waals surface area contributed by atoms with Gasteiger partial charge in [-0.15, -0.1) is 0 Å². The molecule has 0 bridgehead atoms. The molecule has 0 aliphatic rings. The van der Waals surface area contributed by atoms with Crippen LogP contribution < -0.4 is 4.74 Å². The molecule has 0 aliphatic heterocycles. The highest BCUT2D eigenvalue weighted by atomic mass is 16.5. The Labute approximate surface area is 96.7 Å². The molecular formula is C15H15O. The zero-order valence-corrected chi connectivity index (χ0v) is 9.39. The van der Waals surface area contributed by atoms with Gasteiger partial charge in [0.25, 0.3) is 0 Å². The molecule has 1 radical (unpaired) electrons. The molecule has 81 valence electrons. The van der Waals surface area contributed by atoms with Gasteiger partial charge in [0.1, 0.15) is 5.75 Å². The van der Waals surface area contributed by atoms with E-state index in [4.69, 9.17) is 4.74 Å². The molecule has 0 amide bonds. The molecule has 16 heavy (non-hydrogen) atoms. The van der Waals surface area contributed by atoms with Gasteiger partial charge in [-0.1, -0.05) is 55.5 Å². The van der Waals surface area contributed by atoms with E-state index in [1.807, 2.05) is 49.7 Å². The fourth-order valence-electron chi connectivity index (χ4n) is 1.62. The van der Waals surface area contributed by atoms with E-state index in [0.717, 1.165) is 11.3 Å². The lowest BCUT2D eigenvalue weighted by atomic mass is 10.1. The van der Waals surface area contributed by atoms with E-state index < -0.39 is 0 Å². The zero-order valence-electron chi connectivity index (χ0n) is 9.39. The van der Waals surface area contributed by atoms with Crippen molar-refractivity contribution in [3.05, 3.63) is 61.0 Å². The highest BCUT2D eigenvalue weighted by Crippen LogP contribution is 2.29. The quantitative estimate of drug-likeness (QED) is 0.743. The van der Waals surface area contributed by atoms with Crippen molar-refractivity contribution in [3.8, 4) is 16.9 Å². The summed E-state index contributed by atoms with van der Waals surface area (Å²) in [5.41, 5.74) is 2.33. The fraction of sp³-hybridized carbons (Fsp3) is 0.133. The molecule has 0 unspecified atom stereocenters. The second-order valence-electron chi connectivity index (χ2n) is 3.58. The lowest BCUT2D eigenvalue weighted by Crippen LogP contribution is -1.97. The number of rotatable bonds is 4. The number of para-hydroxylation sites is 1. The molecule has 2 aromatic rings. The standard InChI is InChI=1S/C15H15O/c1-2-12-16-15-11-7-6-10-14(15)13-8-4-3-5-9-13/h2-11H,12H2,1H3. The van der Waals surface area contributed by atoms with Crippen molar-refractivity contribution < 1.29 is 4.74 Å². The van der Waals surface area contributed by atoms with Gasteiger partial charge in [-0.25, -0.2) is 0 Å². The molecule has 0 spiro atoms. The maximum atomic E-state index is 5.69.